The number of anilines is 1. The average molecular weight is 404 g/mol. The van der Waals surface area contributed by atoms with Gasteiger partial charge in [0.15, 0.2) is 0 Å². The van der Waals surface area contributed by atoms with E-state index in [0.717, 1.165) is 0 Å². The van der Waals surface area contributed by atoms with Crippen LogP contribution in [0.4, 0.5) is 19.0 Å². The molecule has 1 aliphatic rings. The molecule has 0 bridgehead atoms. The van der Waals surface area contributed by atoms with E-state index in [-0.39, 0.29) is 11.7 Å². The molecule has 3 aromatic rings. The van der Waals surface area contributed by atoms with E-state index in [1.807, 2.05) is 4.90 Å². The number of rotatable bonds is 3. The Hall–Kier alpha value is -3.50. The molecular weight excluding hydrogens is 389 g/mol. The van der Waals surface area contributed by atoms with Crippen molar-refractivity contribution in [2.24, 2.45) is 0 Å². The summed E-state index contributed by atoms with van der Waals surface area (Å²) in [5.41, 5.74) is 0.911. The second kappa shape index (κ2) is 7.49. The first-order valence-corrected chi connectivity index (χ1v) is 8.73. The van der Waals surface area contributed by atoms with Crippen LogP contribution in [0.3, 0.4) is 0 Å². The summed E-state index contributed by atoms with van der Waals surface area (Å²) in [6, 6.07) is 6.62. The van der Waals surface area contributed by atoms with E-state index in [9.17, 15) is 18.0 Å². The summed E-state index contributed by atoms with van der Waals surface area (Å²) in [6.45, 7) is 2.24. The lowest BCUT2D eigenvalue weighted by molar-refractivity contribution is -0.159. The largest absolute Gasteiger partial charge is 0.471 e. The molecule has 0 saturated carbocycles. The third-order valence-electron chi connectivity index (χ3n) is 4.49. The lowest BCUT2D eigenvalue weighted by atomic mass is 10.2. The highest BCUT2D eigenvalue weighted by atomic mass is 19.4. The van der Waals surface area contributed by atoms with Gasteiger partial charge in [0.1, 0.15) is 5.82 Å². The molecule has 0 aromatic carbocycles. The molecule has 4 rings (SSSR count). The topological polar surface area (TPSA) is 88.3 Å². The van der Waals surface area contributed by atoms with Crippen LogP contribution in [0.5, 0.6) is 0 Å². The lowest BCUT2D eigenvalue weighted by Gasteiger charge is -2.35. The molecule has 3 aromatic heterocycles. The number of aromatic nitrogens is 4. The van der Waals surface area contributed by atoms with Crippen LogP contribution in [0.15, 0.2) is 47.4 Å². The predicted octanol–water partition coefficient (Wildman–Crippen LogP) is 2.51. The van der Waals surface area contributed by atoms with Crippen molar-refractivity contribution in [1.82, 2.24) is 25.0 Å². The van der Waals surface area contributed by atoms with Gasteiger partial charge in [-0.05, 0) is 24.3 Å². The zero-order chi connectivity index (χ0) is 20.4. The number of hydrogen-bond donors (Lipinski definition) is 0. The summed E-state index contributed by atoms with van der Waals surface area (Å²) in [5.74, 6) is -0.965. The zero-order valence-electron chi connectivity index (χ0n) is 15.0. The minimum absolute atomic E-state index is 0.0482. The molecule has 1 fully saturated rings. The number of piperazine rings is 1. The second-order valence-corrected chi connectivity index (χ2v) is 6.34. The average Bonchev–Trinajstić information content (AvgIpc) is 3.25. The molecule has 0 N–H and O–H groups in total. The van der Waals surface area contributed by atoms with Crippen molar-refractivity contribution in [3.8, 4) is 11.4 Å². The number of alkyl halides is 3. The fourth-order valence-corrected chi connectivity index (χ4v) is 2.98. The van der Waals surface area contributed by atoms with E-state index in [0.29, 0.717) is 43.1 Å². The molecular formula is C18H15F3N6O2. The Kier molecular flexibility index (Phi) is 4.87. The number of carbonyl (C=O) groups excluding carboxylic acids is 1. The minimum Gasteiger partial charge on any atom is -0.353 e. The van der Waals surface area contributed by atoms with Crippen molar-refractivity contribution < 1.29 is 22.5 Å². The first kappa shape index (κ1) is 18.8. The van der Waals surface area contributed by atoms with Crippen molar-refractivity contribution in [2.45, 2.75) is 6.18 Å². The van der Waals surface area contributed by atoms with Crippen LogP contribution in [0.2, 0.25) is 0 Å². The van der Waals surface area contributed by atoms with Gasteiger partial charge < -0.3 is 14.3 Å². The second-order valence-electron chi connectivity index (χ2n) is 6.34. The predicted molar refractivity (Wildman–Crippen MR) is 94.9 cm³/mol. The Balaban J connectivity index is 1.39. The van der Waals surface area contributed by atoms with Crippen LogP contribution in [0.1, 0.15) is 16.2 Å². The molecule has 0 aliphatic carbocycles. The molecule has 29 heavy (non-hydrogen) atoms. The van der Waals surface area contributed by atoms with E-state index < -0.39 is 12.1 Å². The Morgan fingerprint density at radius 2 is 1.76 bits per heavy atom. The fraction of sp³-hybridized carbons (Fsp3) is 0.278. The summed E-state index contributed by atoms with van der Waals surface area (Å²) in [7, 11) is 0. The van der Waals surface area contributed by atoms with Crippen LogP contribution in [0, 0.1) is 0 Å². The number of pyridine rings is 2. The molecule has 1 amide bonds. The SMILES string of the molecule is O=C(c1ccncc1)N1CCN(c2ccc(-c3noc(C(F)(F)F)n3)cn2)CC1. The van der Waals surface area contributed by atoms with Gasteiger partial charge in [0.2, 0.25) is 5.82 Å². The molecule has 1 saturated heterocycles. The van der Waals surface area contributed by atoms with Crippen molar-refractivity contribution in [2.75, 3.05) is 31.1 Å². The Labute approximate surface area is 163 Å². The highest BCUT2D eigenvalue weighted by molar-refractivity contribution is 5.94. The number of halogens is 3. The van der Waals surface area contributed by atoms with Crippen LogP contribution in [-0.2, 0) is 6.18 Å². The highest BCUT2D eigenvalue weighted by Crippen LogP contribution is 2.29. The maximum Gasteiger partial charge on any atom is 0.471 e. The summed E-state index contributed by atoms with van der Waals surface area (Å²) < 4.78 is 41.9. The van der Waals surface area contributed by atoms with Gasteiger partial charge in [0, 0.05) is 55.9 Å². The number of carbonyl (C=O) groups is 1. The van der Waals surface area contributed by atoms with Gasteiger partial charge >= 0.3 is 12.1 Å². The van der Waals surface area contributed by atoms with Gasteiger partial charge in [-0.3, -0.25) is 9.78 Å². The number of amides is 1. The Morgan fingerprint density at radius 1 is 1.03 bits per heavy atom. The van der Waals surface area contributed by atoms with Gasteiger partial charge in [0.25, 0.3) is 5.91 Å². The van der Waals surface area contributed by atoms with E-state index in [1.54, 1.807) is 41.6 Å². The van der Waals surface area contributed by atoms with Crippen molar-refractivity contribution in [3.63, 3.8) is 0 Å². The summed E-state index contributed by atoms with van der Waals surface area (Å²) >= 11 is 0. The normalized spacial score (nSPS) is 14.9. The third kappa shape index (κ3) is 4.03. The zero-order valence-corrected chi connectivity index (χ0v) is 15.0. The first-order chi connectivity index (χ1) is 13.9. The summed E-state index contributed by atoms with van der Waals surface area (Å²) in [5, 5.41) is 3.34. The molecule has 0 spiro atoms. The van der Waals surface area contributed by atoms with Gasteiger partial charge in [-0.25, -0.2) is 4.98 Å². The molecule has 1 aliphatic heterocycles. The molecule has 4 heterocycles. The van der Waals surface area contributed by atoms with Crippen molar-refractivity contribution in [3.05, 3.63) is 54.3 Å². The molecule has 0 atom stereocenters. The van der Waals surface area contributed by atoms with Gasteiger partial charge in [0.05, 0.1) is 0 Å². The standard InChI is InChI=1S/C18H15F3N6O2/c19-18(20,21)17-24-15(25-29-17)13-1-2-14(23-11-13)26-7-9-27(10-8-26)16(28)12-3-5-22-6-4-12/h1-6,11H,7-10H2. The quantitative estimate of drug-likeness (QED) is 0.663. The maximum atomic E-state index is 12.6. The first-order valence-electron chi connectivity index (χ1n) is 8.73. The summed E-state index contributed by atoms with van der Waals surface area (Å²) in [6.07, 6.45) is -0.131. The summed E-state index contributed by atoms with van der Waals surface area (Å²) in [4.78, 5) is 27.8. The minimum atomic E-state index is -4.69. The van der Waals surface area contributed by atoms with Crippen molar-refractivity contribution >= 4 is 11.7 Å². The van der Waals surface area contributed by atoms with Gasteiger partial charge in [-0.1, -0.05) is 5.16 Å². The molecule has 0 radical (unpaired) electrons. The van der Waals surface area contributed by atoms with E-state index in [2.05, 4.69) is 24.6 Å². The number of nitrogens with zero attached hydrogens (tertiary/aromatic N) is 6. The van der Waals surface area contributed by atoms with Crippen LogP contribution in [0.25, 0.3) is 11.4 Å². The van der Waals surface area contributed by atoms with Gasteiger partial charge in [-0.2, -0.15) is 18.2 Å². The Bertz CT molecular complexity index is 983. The monoisotopic (exact) mass is 404 g/mol. The molecule has 0 unspecified atom stereocenters. The molecule has 8 nitrogen and oxygen atoms in total. The van der Waals surface area contributed by atoms with Crippen LogP contribution < -0.4 is 4.90 Å². The highest BCUT2D eigenvalue weighted by Gasteiger charge is 2.38. The maximum absolute atomic E-state index is 12.6. The van der Waals surface area contributed by atoms with E-state index in [4.69, 9.17) is 0 Å². The smallest absolute Gasteiger partial charge is 0.353 e. The van der Waals surface area contributed by atoms with Gasteiger partial charge in [-0.15, -0.1) is 0 Å². The molecule has 150 valence electrons. The third-order valence-corrected chi connectivity index (χ3v) is 4.49. The van der Waals surface area contributed by atoms with Crippen LogP contribution in [-0.4, -0.2) is 57.1 Å². The fourth-order valence-electron chi connectivity index (χ4n) is 2.98. The Morgan fingerprint density at radius 3 is 2.34 bits per heavy atom. The molecule has 11 heteroatoms. The van der Waals surface area contributed by atoms with Crippen LogP contribution >= 0.6 is 0 Å². The van der Waals surface area contributed by atoms with E-state index in [1.165, 1.54) is 6.20 Å². The lowest BCUT2D eigenvalue weighted by Crippen LogP contribution is -2.49. The number of hydrogen-bond acceptors (Lipinski definition) is 7. The van der Waals surface area contributed by atoms with Crippen molar-refractivity contribution in [1.29, 1.82) is 0 Å². The van der Waals surface area contributed by atoms with E-state index >= 15 is 0 Å².